The van der Waals surface area contributed by atoms with Crippen molar-refractivity contribution in [2.75, 3.05) is 13.1 Å². The highest BCUT2D eigenvalue weighted by atomic mass is 35.5. The molecule has 1 aliphatic heterocycles. The quantitative estimate of drug-likeness (QED) is 0.890. The van der Waals surface area contributed by atoms with Crippen LogP contribution in [-0.2, 0) is 10.2 Å². The van der Waals surface area contributed by atoms with Gasteiger partial charge in [-0.25, -0.2) is 0 Å². The third-order valence-corrected chi connectivity index (χ3v) is 3.92. The normalized spacial score (nSPS) is 19.4. The molecular weight excluding hydrogens is 260 g/mol. The number of carbonyl (C=O) groups is 1. The number of amides is 1. The molecule has 1 aromatic carbocycles. The lowest BCUT2D eigenvalue weighted by atomic mass is 9.84. The van der Waals surface area contributed by atoms with E-state index in [-0.39, 0.29) is 17.4 Å². The molecule has 0 aromatic heterocycles. The molecule has 0 aliphatic carbocycles. The van der Waals surface area contributed by atoms with E-state index in [9.17, 15) is 4.79 Å². The molecule has 1 saturated heterocycles. The van der Waals surface area contributed by atoms with Crippen molar-refractivity contribution in [2.24, 2.45) is 0 Å². The van der Waals surface area contributed by atoms with Crippen LogP contribution in [0.1, 0.15) is 32.3 Å². The molecule has 2 N–H and O–H groups in total. The number of rotatable bonds is 4. The Balaban J connectivity index is 1.95. The van der Waals surface area contributed by atoms with Gasteiger partial charge in [0, 0.05) is 17.0 Å². The smallest absolute Gasteiger partial charge is 0.237 e. The zero-order chi connectivity index (χ0) is 13.9. The highest BCUT2D eigenvalue weighted by Crippen LogP contribution is 2.24. The summed E-state index contributed by atoms with van der Waals surface area (Å²) in [6, 6.07) is 7.80. The SMILES string of the molecule is CC(C)(CNC(=O)C1CCCN1)c1cccc(Cl)c1. The van der Waals surface area contributed by atoms with Gasteiger partial charge in [0.1, 0.15) is 0 Å². The molecule has 19 heavy (non-hydrogen) atoms. The largest absolute Gasteiger partial charge is 0.354 e. The van der Waals surface area contributed by atoms with Gasteiger partial charge in [-0.15, -0.1) is 0 Å². The molecule has 1 atom stereocenters. The van der Waals surface area contributed by atoms with Crippen LogP contribution in [0, 0.1) is 0 Å². The Morgan fingerprint density at radius 3 is 2.95 bits per heavy atom. The second-order valence-electron chi connectivity index (χ2n) is 5.76. The van der Waals surface area contributed by atoms with Crippen molar-refractivity contribution in [1.82, 2.24) is 10.6 Å². The Morgan fingerprint density at radius 2 is 2.32 bits per heavy atom. The fourth-order valence-corrected chi connectivity index (χ4v) is 2.54. The van der Waals surface area contributed by atoms with Crippen LogP contribution >= 0.6 is 11.6 Å². The molecule has 1 amide bonds. The maximum absolute atomic E-state index is 12.0. The van der Waals surface area contributed by atoms with E-state index < -0.39 is 0 Å². The maximum Gasteiger partial charge on any atom is 0.237 e. The number of nitrogens with one attached hydrogen (secondary N) is 2. The molecule has 3 nitrogen and oxygen atoms in total. The number of halogens is 1. The zero-order valence-electron chi connectivity index (χ0n) is 11.5. The van der Waals surface area contributed by atoms with Gasteiger partial charge in [0.05, 0.1) is 6.04 Å². The first kappa shape index (κ1) is 14.4. The summed E-state index contributed by atoms with van der Waals surface area (Å²) >= 11 is 6.02. The summed E-state index contributed by atoms with van der Waals surface area (Å²) in [7, 11) is 0. The van der Waals surface area contributed by atoms with Crippen LogP contribution in [0.3, 0.4) is 0 Å². The molecule has 2 rings (SSSR count). The van der Waals surface area contributed by atoms with Crippen LogP contribution in [0.25, 0.3) is 0 Å². The lowest BCUT2D eigenvalue weighted by Gasteiger charge is -2.26. The van der Waals surface area contributed by atoms with Crippen molar-refractivity contribution in [3.05, 3.63) is 34.9 Å². The fourth-order valence-electron chi connectivity index (χ4n) is 2.35. The predicted octanol–water partition coefficient (Wildman–Crippen LogP) is 2.49. The summed E-state index contributed by atoms with van der Waals surface area (Å²) in [6.45, 7) is 5.78. The number of benzene rings is 1. The lowest BCUT2D eigenvalue weighted by molar-refractivity contribution is -0.123. The Bertz CT molecular complexity index is 453. The maximum atomic E-state index is 12.0. The Hall–Kier alpha value is -1.06. The van der Waals surface area contributed by atoms with Crippen molar-refractivity contribution >= 4 is 17.5 Å². The molecule has 1 fully saturated rings. The van der Waals surface area contributed by atoms with Crippen LogP contribution < -0.4 is 10.6 Å². The first-order chi connectivity index (χ1) is 8.99. The second kappa shape index (κ2) is 5.93. The highest BCUT2D eigenvalue weighted by Gasteiger charge is 2.26. The Morgan fingerprint density at radius 1 is 1.53 bits per heavy atom. The number of hydrogen-bond acceptors (Lipinski definition) is 2. The minimum absolute atomic E-state index is 0.0184. The number of carbonyl (C=O) groups excluding carboxylic acids is 1. The van der Waals surface area contributed by atoms with Gasteiger partial charge in [0.2, 0.25) is 5.91 Å². The first-order valence-corrected chi connectivity index (χ1v) is 7.14. The summed E-state index contributed by atoms with van der Waals surface area (Å²) in [5.74, 6) is 0.104. The summed E-state index contributed by atoms with van der Waals surface area (Å²) in [6.07, 6.45) is 2.01. The van der Waals surface area contributed by atoms with E-state index in [4.69, 9.17) is 11.6 Å². The van der Waals surface area contributed by atoms with Gasteiger partial charge >= 0.3 is 0 Å². The molecule has 104 valence electrons. The van der Waals surface area contributed by atoms with Gasteiger partial charge in [-0.05, 0) is 37.1 Å². The molecule has 0 saturated carbocycles. The van der Waals surface area contributed by atoms with E-state index in [0.29, 0.717) is 6.54 Å². The van der Waals surface area contributed by atoms with E-state index in [1.54, 1.807) is 0 Å². The third kappa shape index (κ3) is 3.71. The standard InChI is InChI=1S/C15H21ClN2O/c1-15(2,11-5-3-6-12(16)9-11)10-18-14(19)13-7-4-8-17-13/h3,5-6,9,13,17H,4,7-8,10H2,1-2H3,(H,18,19). The van der Waals surface area contributed by atoms with Gasteiger partial charge in [-0.1, -0.05) is 37.6 Å². The number of hydrogen-bond donors (Lipinski definition) is 2. The first-order valence-electron chi connectivity index (χ1n) is 6.76. The molecule has 1 heterocycles. The zero-order valence-corrected chi connectivity index (χ0v) is 12.3. The Labute approximate surface area is 119 Å². The third-order valence-electron chi connectivity index (χ3n) is 3.69. The average molecular weight is 281 g/mol. The van der Waals surface area contributed by atoms with Gasteiger partial charge in [-0.3, -0.25) is 4.79 Å². The van der Waals surface area contributed by atoms with E-state index >= 15 is 0 Å². The fraction of sp³-hybridized carbons (Fsp3) is 0.533. The van der Waals surface area contributed by atoms with Crippen LogP contribution in [0.15, 0.2) is 24.3 Å². The van der Waals surface area contributed by atoms with E-state index in [1.807, 2.05) is 24.3 Å². The minimum atomic E-state index is -0.126. The van der Waals surface area contributed by atoms with Gasteiger partial charge < -0.3 is 10.6 Å². The summed E-state index contributed by atoms with van der Waals surface area (Å²) in [4.78, 5) is 12.0. The summed E-state index contributed by atoms with van der Waals surface area (Å²) in [5.41, 5.74) is 1.01. The van der Waals surface area contributed by atoms with Gasteiger partial charge in [0.15, 0.2) is 0 Å². The minimum Gasteiger partial charge on any atom is -0.354 e. The van der Waals surface area contributed by atoms with Crippen molar-refractivity contribution in [3.63, 3.8) is 0 Å². The van der Waals surface area contributed by atoms with Crippen LogP contribution in [0.5, 0.6) is 0 Å². The topological polar surface area (TPSA) is 41.1 Å². The predicted molar refractivity (Wildman–Crippen MR) is 78.5 cm³/mol. The van der Waals surface area contributed by atoms with Gasteiger partial charge in [-0.2, -0.15) is 0 Å². The van der Waals surface area contributed by atoms with Crippen LogP contribution in [0.2, 0.25) is 5.02 Å². The molecule has 0 bridgehead atoms. The summed E-state index contributed by atoms with van der Waals surface area (Å²) in [5, 5.41) is 6.98. The molecule has 1 aliphatic rings. The van der Waals surface area contributed by atoms with E-state index in [0.717, 1.165) is 30.0 Å². The molecule has 4 heteroatoms. The van der Waals surface area contributed by atoms with Crippen molar-refractivity contribution in [3.8, 4) is 0 Å². The molecule has 0 spiro atoms. The van der Waals surface area contributed by atoms with Crippen LogP contribution in [-0.4, -0.2) is 25.0 Å². The molecule has 1 unspecified atom stereocenters. The molecule has 0 radical (unpaired) electrons. The average Bonchev–Trinajstić information content (AvgIpc) is 2.90. The van der Waals surface area contributed by atoms with Crippen molar-refractivity contribution in [1.29, 1.82) is 0 Å². The van der Waals surface area contributed by atoms with Gasteiger partial charge in [0.25, 0.3) is 0 Å². The lowest BCUT2D eigenvalue weighted by Crippen LogP contribution is -2.45. The van der Waals surface area contributed by atoms with Crippen LogP contribution in [0.4, 0.5) is 0 Å². The highest BCUT2D eigenvalue weighted by molar-refractivity contribution is 6.30. The Kier molecular flexibility index (Phi) is 4.48. The van der Waals surface area contributed by atoms with E-state index in [2.05, 4.69) is 24.5 Å². The second-order valence-corrected chi connectivity index (χ2v) is 6.20. The van der Waals surface area contributed by atoms with E-state index in [1.165, 1.54) is 0 Å². The van der Waals surface area contributed by atoms with Crippen molar-refractivity contribution in [2.45, 2.75) is 38.1 Å². The molecule has 1 aromatic rings. The monoisotopic (exact) mass is 280 g/mol. The van der Waals surface area contributed by atoms with Crippen molar-refractivity contribution < 1.29 is 4.79 Å². The molecular formula is C15H21ClN2O. The summed E-state index contributed by atoms with van der Waals surface area (Å²) < 4.78 is 0.